The lowest BCUT2D eigenvalue weighted by atomic mass is 9.95. The number of methoxy groups -OCH3 is 2. The van der Waals surface area contributed by atoms with E-state index in [9.17, 15) is 0 Å². The molecule has 2 aliphatic heterocycles. The first kappa shape index (κ1) is 9.40. The average Bonchev–Trinajstić information content (AvgIpc) is 2.59. The van der Waals surface area contributed by atoms with Crippen LogP contribution in [0.1, 0.15) is 6.92 Å². The highest BCUT2D eigenvalue weighted by Gasteiger charge is 2.57. The third-order valence-corrected chi connectivity index (χ3v) is 3.11. The molecule has 2 rings (SSSR count). The Bertz CT molecular complexity index is 196. The number of ether oxygens (including phenoxy) is 4. The van der Waals surface area contributed by atoms with Gasteiger partial charge in [0.2, 0.25) is 0 Å². The van der Waals surface area contributed by atoms with Crippen molar-refractivity contribution in [3.63, 3.8) is 0 Å². The largest absolute Gasteiger partial charge is 0.376 e. The molecule has 4 atom stereocenters. The molecule has 0 bridgehead atoms. The standard InChI is InChI=1S/C9H16O4/c1-9-7(11-3)5-12-8(9)6(10-2)4-13-9/h6-8H,4-5H2,1-3H3/t6?,7-,8+,9+/m0/s1. The van der Waals surface area contributed by atoms with E-state index in [1.807, 2.05) is 6.92 Å². The summed E-state index contributed by atoms with van der Waals surface area (Å²) in [4.78, 5) is 0. The second-order valence-electron chi connectivity index (χ2n) is 3.75. The van der Waals surface area contributed by atoms with E-state index in [1.165, 1.54) is 0 Å². The molecule has 0 aliphatic carbocycles. The Morgan fingerprint density at radius 3 is 2.62 bits per heavy atom. The predicted molar refractivity (Wildman–Crippen MR) is 45.7 cm³/mol. The van der Waals surface area contributed by atoms with Gasteiger partial charge in [0, 0.05) is 14.2 Å². The first-order chi connectivity index (χ1) is 6.22. The monoisotopic (exact) mass is 188 g/mol. The van der Waals surface area contributed by atoms with E-state index in [-0.39, 0.29) is 23.9 Å². The van der Waals surface area contributed by atoms with Crippen LogP contribution in [0.15, 0.2) is 0 Å². The fraction of sp³-hybridized carbons (Fsp3) is 1.00. The van der Waals surface area contributed by atoms with Crippen molar-refractivity contribution in [2.24, 2.45) is 0 Å². The van der Waals surface area contributed by atoms with E-state index >= 15 is 0 Å². The van der Waals surface area contributed by atoms with Gasteiger partial charge in [0.25, 0.3) is 0 Å². The van der Waals surface area contributed by atoms with Crippen LogP contribution in [-0.4, -0.2) is 51.3 Å². The molecule has 13 heavy (non-hydrogen) atoms. The van der Waals surface area contributed by atoms with Crippen LogP contribution in [0.2, 0.25) is 0 Å². The zero-order chi connectivity index (χ0) is 9.47. The molecule has 0 amide bonds. The summed E-state index contributed by atoms with van der Waals surface area (Å²) in [5.41, 5.74) is -0.324. The molecule has 0 saturated carbocycles. The molecule has 2 aliphatic rings. The first-order valence-corrected chi connectivity index (χ1v) is 4.53. The van der Waals surface area contributed by atoms with Crippen molar-refractivity contribution >= 4 is 0 Å². The van der Waals surface area contributed by atoms with Gasteiger partial charge in [-0.25, -0.2) is 0 Å². The second kappa shape index (κ2) is 3.20. The number of rotatable bonds is 2. The van der Waals surface area contributed by atoms with E-state index in [2.05, 4.69) is 0 Å². The van der Waals surface area contributed by atoms with Gasteiger partial charge in [0.05, 0.1) is 13.2 Å². The molecule has 0 spiro atoms. The van der Waals surface area contributed by atoms with Crippen LogP contribution in [-0.2, 0) is 18.9 Å². The van der Waals surface area contributed by atoms with Crippen molar-refractivity contribution in [2.75, 3.05) is 27.4 Å². The van der Waals surface area contributed by atoms with Gasteiger partial charge in [-0.15, -0.1) is 0 Å². The zero-order valence-electron chi connectivity index (χ0n) is 8.28. The Balaban J connectivity index is 2.15. The fourth-order valence-corrected chi connectivity index (χ4v) is 2.20. The summed E-state index contributed by atoms with van der Waals surface area (Å²) >= 11 is 0. The highest BCUT2D eigenvalue weighted by Crippen LogP contribution is 2.39. The first-order valence-electron chi connectivity index (χ1n) is 4.53. The third kappa shape index (κ3) is 1.21. The lowest BCUT2D eigenvalue weighted by molar-refractivity contribution is -0.0774. The molecular formula is C9H16O4. The lowest BCUT2D eigenvalue weighted by Crippen LogP contribution is -2.45. The molecule has 0 N–H and O–H groups in total. The van der Waals surface area contributed by atoms with E-state index in [4.69, 9.17) is 18.9 Å². The normalized spacial score (nSPS) is 49.6. The minimum absolute atomic E-state index is 0.0162. The van der Waals surface area contributed by atoms with Gasteiger partial charge in [-0.1, -0.05) is 0 Å². The molecule has 0 aromatic rings. The van der Waals surface area contributed by atoms with Gasteiger partial charge in [-0.3, -0.25) is 0 Å². The summed E-state index contributed by atoms with van der Waals surface area (Å²) in [6.45, 7) is 3.22. The van der Waals surface area contributed by atoms with Gasteiger partial charge < -0.3 is 18.9 Å². The van der Waals surface area contributed by atoms with Crippen molar-refractivity contribution in [1.29, 1.82) is 0 Å². The number of fused-ring (bicyclic) bond motifs is 1. The topological polar surface area (TPSA) is 36.9 Å². The highest BCUT2D eigenvalue weighted by molar-refractivity contribution is 5.05. The molecule has 0 radical (unpaired) electrons. The Morgan fingerprint density at radius 1 is 1.23 bits per heavy atom. The summed E-state index contributed by atoms with van der Waals surface area (Å²) in [5, 5.41) is 0. The van der Waals surface area contributed by atoms with Crippen LogP contribution in [0.25, 0.3) is 0 Å². The molecular weight excluding hydrogens is 172 g/mol. The molecule has 1 unspecified atom stereocenters. The van der Waals surface area contributed by atoms with Crippen molar-refractivity contribution in [2.45, 2.75) is 30.8 Å². The molecule has 0 aromatic heterocycles. The van der Waals surface area contributed by atoms with Crippen molar-refractivity contribution in [3.05, 3.63) is 0 Å². The smallest absolute Gasteiger partial charge is 0.122 e. The minimum Gasteiger partial charge on any atom is -0.376 e. The van der Waals surface area contributed by atoms with E-state index in [1.54, 1.807) is 14.2 Å². The van der Waals surface area contributed by atoms with E-state index in [0.29, 0.717) is 13.2 Å². The van der Waals surface area contributed by atoms with Gasteiger partial charge in [-0.2, -0.15) is 0 Å². The van der Waals surface area contributed by atoms with Crippen LogP contribution in [0.3, 0.4) is 0 Å². The summed E-state index contributed by atoms with van der Waals surface area (Å²) in [5.74, 6) is 0. The van der Waals surface area contributed by atoms with Crippen molar-refractivity contribution in [3.8, 4) is 0 Å². The third-order valence-electron chi connectivity index (χ3n) is 3.11. The molecule has 4 heteroatoms. The maximum atomic E-state index is 5.70. The van der Waals surface area contributed by atoms with E-state index in [0.717, 1.165) is 0 Å². The summed E-state index contributed by atoms with van der Waals surface area (Å²) in [6.07, 6.45) is 0.0882. The summed E-state index contributed by atoms with van der Waals surface area (Å²) in [6, 6.07) is 0. The fourth-order valence-electron chi connectivity index (χ4n) is 2.20. The molecule has 76 valence electrons. The average molecular weight is 188 g/mol. The zero-order valence-corrected chi connectivity index (χ0v) is 8.28. The SMILES string of the molecule is COC1CO[C@]2(C)[C@@H](OC)CO[C@H]12. The maximum Gasteiger partial charge on any atom is 0.122 e. The number of hydrogen-bond donors (Lipinski definition) is 0. The number of hydrogen-bond acceptors (Lipinski definition) is 4. The van der Waals surface area contributed by atoms with Crippen LogP contribution in [0.5, 0.6) is 0 Å². The maximum absolute atomic E-state index is 5.70. The Hall–Kier alpha value is -0.160. The summed E-state index contributed by atoms with van der Waals surface area (Å²) in [7, 11) is 3.37. The van der Waals surface area contributed by atoms with E-state index < -0.39 is 0 Å². The highest BCUT2D eigenvalue weighted by atomic mass is 16.6. The Morgan fingerprint density at radius 2 is 2.00 bits per heavy atom. The minimum atomic E-state index is -0.324. The molecule has 2 fully saturated rings. The van der Waals surface area contributed by atoms with Gasteiger partial charge in [0.15, 0.2) is 0 Å². The molecule has 2 saturated heterocycles. The quantitative estimate of drug-likeness (QED) is 0.620. The molecule has 4 nitrogen and oxygen atoms in total. The van der Waals surface area contributed by atoms with Crippen LogP contribution >= 0.6 is 0 Å². The van der Waals surface area contributed by atoms with Crippen molar-refractivity contribution < 1.29 is 18.9 Å². The predicted octanol–water partition coefficient (Wildman–Crippen LogP) is 0.204. The van der Waals surface area contributed by atoms with Crippen LogP contribution in [0.4, 0.5) is 0 Å². The van der Waals surface area contributed by atoms with Crippen molar-refractivity contribution in [1.82, 2.24) is 0 Å². The van der Waals surface area contributed by atoms with Crippen LogP contribution in [0, 0.1) is 0 Å². The lowest BCUT2D eigenvalue weighted by Gasteiger charge is -2.27. The Labute approximate surface area is 78.1 Å². The van der Waals surface area contributed by atoms with Gasteiger partial charge in [0.1, 0.15) is 23.9 Å². The Kier molecular flexibility index (Phi) is 2.32. The molecule has 2 heterocycles. The van der Waals surface area contributed by atoms with Gasteiger partial charge in [-0.05, 0) is 6.92 Å². The second-order valence-corrected chi connectivity index (χ2v) is 3.75. The van der Waals surface area contributed by atoms with Crippen LogP contribution < -0.4 is 0 Å². The van der Waals surface area contributed by atoms with Gasteiger partial charge >= 0.3 is 0 Å². The molecule has 0 aromatic carbocycles. The summed E-state index contributed by atoms with van der Waals surface area (Å²) < 4.78 is 21.9.